The largest absolute Gasteiger partial charge is 0.455 e. The Bertz CT molecular complexity index is 3160. The first-order chi connectivity index (χ1) is 28.2. The second-order valence-electron chi connectivity index (χ2n) is 14.7. The Labute approximate surface area is 333 Å². The average molecular weight is 746 g/mol. The van der Waals surface area contributed by atoms with E-state index in [1.807, 2.05) is 36.4 Å². The molecule has 0 fully saturated rings. The predicted octanol–water partition coefficient (Wildman–Crippen LogP) is 13.4. The Kier molecular flexibility index (Phi) is 6.98. The van der Waals surface area contributed by atoms with Gasteiger partial charge in [-0.15, -0.1) is 11.3 Å². The van der Waals surface area contributed by atoms with Gasteiger partial charge in [-0.25, -0.2) is 15.0 Å². The maximum atomic E-state index is 7.00. The third-order valence-electron chi connectivity index (χ3n) is 11.6. The van der Waals surface area contributed by atoms with Crippen molar-refractivity contribution >= 4 is 31.5 Å². The number of nitrogens with zero attached hydrogens (tertiary/aromatic N) is 3. The highest BCUT2D eigenvalue weighted by Crippen LogP contribution is 2.63. The van der Waals surface area contributed by atoms with Crippen LogP contribution >= 0.6 is 11.3 Å². The van der Waals surface area contributed by atoms with Gasteiger partial charge in [-0.3, -0.25) is 0 Å². The lowest BCUT2D eigenvalue weighted by atomic mass is 9.66. The molecule has 0 radical (unpaired) electrons. The number of fused-ring (bicyclic) bond motifs is 13. The molecule has 0 N–H and O–H groups in total. The molecule has 1 spiro atoms. The number of aromatic nitrogens is 3. The van der Waals surface area contributed by atoms with Crippen LogP contribution in [0.25, 0.3) is 76.6 Å². The molecule has 0 unspecified atom stereocenters. The Balaban J connectivity index is 1.03. The van der Waals surface area contributed by atoms with Crippen LogP contribution in [0.5, 0.6) is 11.5 Å². The van der Waals surface area contributed by atoms with Gasteiger partial charge in [0, 0.05) is 43.3 Å². The second-order valence-corrected chi connectivity index (χ2v) is 15.7. The summed E-state index contributed by atoms with van der Waals surface area (Å²) in [5.74, 6) is 3.73. The van der Waals surface area contributed by atoms with Crippen LogP contribution in [0.2, 0.25) is 0 Å². The summed E-state index contributed by atoms with van der Waals surface area (Å²) in [6.45, 7) is 0. The Hall–Kier alpha value is -7.21. The van der Waals surface area contributed by atoms with Gasteiger partial charge in [0.05, 0.1) is 10.1 Å². The number of ether oxygens (including phenoxy) is 1. The van der Waals surface area contributed by atoms with Gasteiger partial charge >= 0.3 is 0 Å². The van der Waals surface area contributed by atoms with E-state index >= 15 is 0 Å². The van der Waals surface area contributed by atoms with E-state index in [0.29, 0.717) is 17.5 Å². The number of rotatable bonds is 4. The maximum Gasteiger partial charge on any atom is 0.164 e. The molecule has 2 aromatic heterocycles. The zero-order chi connectivity index (χ0) is 37.5. The van der Waals surface area contributed by atoms with Crippen LogP contribution in [0.4, 0.5) is 0 Å². The molecule has 0 saturated carbocycles. The van der Waals surface area contributed by atoms with E-state index in [-0.39, 0.29) is 0 Å². The Morgan fingerprint density at radius 3 is 1.58 bits per heavy atom. The van der Waals surface area contributed by atoms with E-state index in [9.17, 15) is 0 Å². The van der Waals surface area contributed by atoms with Gasteiger partial charge in [0.15, 0.2) is 17.5 Å². The monoisotopic (exact) mass is 745 g/mol. The second kappa shape index (κ2) is 12.4. The average Bonchev–Trinajstić information content (AvgIpc) is 3.81. The van der Waals surface area contributed by atoms with Gasteiger partial charge in [-0.05, 0) is 57.6 Å². The number of thiophene rings is 1. The minimum absolute atomic E-state index is 0.499. The molecule has 0 saturated heterocycles. The molecule has 3 heterocycles. The van der Waals surface area contributed by atoms with Crippen LogP contribution in [-0.4, -0.2) is 15.0 Å². The lowest BCUT2D eigenvalue weighted by Gasteiger charge is -2.39. The highest BCUT2D eigenvalue weighted by molar-refractivity contribution is 7.26. The summed E-state index contributed by atoms with van der Waals surface area (Å²) < 4.78 is 9.31. The normalized spacial score (nSPS) is 13.2. The van der Waals surface area contributed by atoms with Gasteiger partial charge in [0.25, 0.3) is 0 Å². The van der Waals surface area contributed by atoms with Crippen molar-refractivity contribution in [2.75, 3.05) is 0 Å². The highest BCUT2D eigenvalue weighted by atomic mass is 32.1. The van der Waals surface area contributed by atoms with E-state index in [1.54, 1.807) is 11.3 Å². The van der Waals surface area contributed by atoms with Gasteiger partial charge in [0.1, 0.15) is 11.5 Å². The molecule has 1 aliphatic heterocycles. The van der Waals surface area contributed by atoms with E-state index in [0.717, 1.165) is 49.2 Å². The minimum Gasteiger partial charge on any atom is -0.455 e. The van der Waals surface area contributed by atoms with E-state index < -0.39 is 5.41 Å². The lowest BCUT2D eigenvalue weighted by molar-refractivity contribution is 0.442. The van der Waals surface area contributed by atoms with Gasteiger partial charge in [-0.2, -0.15) is 0 Å². The zero-order valence-electron chi connectivity index (χ0n) is 30.6. The van der Waals surface area contributed by atoms with Crippen molar-refractivity contribution in [2.24, 2.45) is 0 Å². The number of hydrogen-bond donors (Lipinski definition) is 0. The molecule has 4 nitrogen and oxygen atoms in total. The van der Waals surface area contributed by atoms with Gasteiger partial charge in [-0.1, -0.05) is 164 Å². The van der Waals surface area contributed by atoms with Crippen LogP contribution in [0.15, 0.2) is 188 Å². The molecular formula is C52H31N3OS. The maximum absolute atomic E-state index is 7.00. The molecule has 12 rings (SSSR count). The molecule has 0 amide bonds. The Morgan fingerprint density at radius 2 is 0.895 bits per heavy atom. The molecule has 1 aliphatic carbocycles. The summed E-state index contributed by atoms with van der Waals surface area (Å²) in [5.41, 5.74) is 12.1. The highest BCUT2D eigenvalue weighted by Gasteiger charge is 2.51. The molecule has 8 aromatic carbocycles. The first-order valence-corrected chi connectivity index (χ1v) is 20.0. The summed E-state index contributed by atoms with van der Waals surface area (Å²) in [6.07, 6.45) is 0. The first-order valence-electron chi connectivity index (χ1n) is 19.2. The molecule has 2 aliphatic rings. The Morgan fingerprint density at radius 1 is 0.386 bits per heavy atom. The number of hydrogen-bond acceptors (Lipinski definition) is 5. The molecule has 266 valence electrons. The van der Waals surface area contributed by atoms with Crippen LogP contribution in [0.1, 0.15) is 22.3 Å². The third kappa shape index (κ3) is 4.76. The minimum atomic E-state index is -0.499. The summed E-state index contributed by atoms with van der Waals surface area (Å²) in [7, 11) is 0. The summed E-state index contributed by atoms with van der Waals surface area (Å²) in [4.78, 5) is 15.2. The van der Waals surface area contributed by atoms with Crippen molar-refractivity contribution in [2.45, 2.75) is 5.41 Å². The third-order valence-corrected chi connectivity index (χ3v) is 12.8. The number of benzene rings is 8. The van der Waals surface area contributed by atoms with Crippen molar-refractivity contribution in [1.29, 1.82) is 0 Å². The summed E-state index contributed by atoms with van der Waals surface area (Å²) >= 11 is 1.78. The molecule has 10 aromatic rings. The van der Waals surface area contributed by atoms with Crippen molar-refractivity contribution in [3.05, 3.63) is 210 Å². The zero-order valence-corrected chi connectivity index (χ0v) is 31.4. The van der Waals surface area contributed by atoms with Crippen LogP contribution in [0.3, 0.4) is 0 Å². The fourth-order valence-corrected chi connectivity index (χ4v) is 10.2. The predicted molar refractivity (Wildman–Crippen MR) is 232 cm³/mol. The topological polar surface area (TPSA) is 47.9 Å². The van der Waals surface area contributed by atoms with Crippen molar-refractivity contribution < 1.29 is 4.74 Å². The standard InChI is InChI=1S/C52H31N3OS/c1-3-13-32(14-4-1)33-23-25-35(26-24-33)50-53-49(34-15-5-2-6-16-34)54-51(55-50)36-27-30-46-40(31-36)39-28-29-44-47(48(39)57-46)56-45-22-12-11-21-43(45)52(44)41-19-9-7-17-37(41)38-18-8-10-20-42(38)52/h1-31H. The molecular weight excluding hydrogens is 715 g/mol. The molecule has 57 heavy (non-hydrogen) atoms. The smallest absolute Gasteiger partial charge is 0.164 e. The van der Waals surface area contributed by atoms with Gasteiger partial charge < -0.3 is 4.74 Å². The molecule has 0 bridgehead atoms. The van der Waals surface area contributed by atoms with Crippen LogP contribution < -0.4 is 4.74 Å². The van der Waals surface area contributed by atoms with Crippen LogP contribution in [0, 0.1) is 0 Å². The van der Waals surface area contributed by atoms with Crippen molar-refractivity contribution in [1.82, 2.24) is 15.0 Å². The quantitative estimate of drug-likeness (QED) is 0.180. The summed E-state index contributed by atoms with van der Waals surface area (Å²) in [5, 5.41) is 2.30. The lowest BCUT2D eigenvalue weighted by Crippen LogP contribution is -2.32. The number of para-hydroxylation sites is 1. The van der Waals surface area contributed by atoms with Gasteiger partial charge in [0.2, 0.25) is 0 Å². The SMILES string of the molecule is c1ccc(-c2ccc(-c3nc(-c4ccccc4)nc(-c4ccc5sc6c7c(ccc6c5c4)C4(c5ccccc5O7)c5ccccc5-c5ccccc54)n3)cc2)cc1. The van der Waals surface area contributed by atoms with Crippen molar-refractivity contribution in [3.8, 4) is 67.9 Å². The fourth-order valence-electron chi connectivity index (χ4n) is 9.08. The van der Waals surface area contributed by atoms with Crippen LogP contribution in [-0.2, 0) is 5.41 Å². The molecule has 5 heteroatoms. The van der Waals surface area contributed by atoms with E-state index in [4.69, 9.17) is 19.7 Å². The first kappa shape index (κ1) is 32.1. The van der Waals surface area contributed by atoms with E-state index in [2.05, 4.69) is 152 Å². The van der Waals surface area contributed by atoms with Crippen molar-refractivity contribution in [3.63, 3.8) is 0 Å². The van der Waals surface area contributed by atoms with E-state index in [1.165, 1.54) is 43.6 Å². The fraction of sp³-hybridized carbons (Fsp3) is 0.0192. The molecule has 0 atom stereocenters. The summed E-state index contributed by atoms with van der Waals surface area (Å²) in [6, 6.07) is 66.5.